The monoisotopic (exact) mass is 447 g/mol. The zero-order valence-electron chi connectivity index (χ0n) is 19.4. The Hall–Kier alpha value is -3.16. The second-order valence-corrected chi connectivity index (χ2v) is 8.70. The van der Waals surface area contributed by atoms with Crippen LogP contribution in [0, 0.1) is 12.7 Å². The molecule has 0 unspecified atom stereocenters. The number of aromatic nitrogens is 2. The summed E-state index contributed by atoms with van der Waals surface area (Å²) in [7, 11) is 1.79. The summed E-state index contributed by atoms with van der Waals surface area (Å²) in [5.41, 5.74) is 4.37. The summed E-state index contributed by atoms with van der Waals surface area (Å²) in [6.07, 6.45) is 1.90. The second-order valence-electron chi connectivity index (χ2n) is 8.70. The van der Waals surface area contributed by atoms with Crippen molar-refractivity contribution >= 4 is 11.6 Å². The van der Waals surface area contributed by atoms with Gasteiger partial charge in [-0.05, 0) is 55.8 Å². The molecule has 0 saturated carbocycles. The Morgan fingerprint density at radius 1 is 1.18 bits per heavy atom. The van der Waals surface area contributed by atoms with E-state index in [0.717, 1.165) is 48.7 Å². The highest BCUT2D eigenvalue weighted by atomic mass is 19.1. The largest absolute Gasteiger partial charge is 0.315 e. The van der Waals surface area contributed by atoms with Gasteiger partial charge in [-0.25, -0.2) is 14.4 Å². The minimum absolute atomic E-state index is 0.0279. The topological polar surface area (TPSA) is 61.4 Å². The van der Waals surface area contributed by atoms with Gasteiger partial charge in [-0.15, -0.1) is 0 Å². The number of anilines is 1. The number of likely N-dealkylation sites (N-methyl/N-ethyl adjacent to an activating group) is 1. The normalized spacial score (nSPS) is 16.5. The maximum absolute atomic E-state index is 13.2. The van der Waals surface area contributed by atoms with E-state index < -0.39 is 0 Å². The number of aryl methyl sites for hydroxylation is 1. The van der Waals surface area contributed by atoms with Gasteiger partial charge in [-0.2, -0.15) is 0 Å². The number of carbonyl (C=O) groups excluding carboxylic acids is 1. The van der Waals surface area contributed by atoms with Crippen molar-refractivity contribution < 1.29 is 9.18 Å². The number of halogens is 1. The summed E-state index contributed by atoms with van der Waals surface area (Å²) >= 11 is 0. The molecule has 0 bridgehead atoms. The Morgan fingerprint density at radius 3 is 2.58 bits per heavy atom. The molecular weight excluding hydrogens is 417 g/mol. The van der Waals surface area contributed by atoms with Crippen molar-refractivity contribution in [2.45, 2.75) is 32.9 Å². The molecule has 33 heavy (non-hydrogen) atoms. The van der Waals surface area contributed by atoms with Gasteiger partial charge in [-0.1, -0.05) is 12.1 Å². The van der Waals surface area contributed by atoms with Crippen LogP contribution >= 0.6 is 0 Å². The number of benzene rings is 2. The van der Waals surface area contributed by atoms with E-state index in [1.807, 2.05) is 19.1 Å². The molecule has 3 aromatic rings. The highest BCUT2D eigenvalue weighted by Crippen LogP contribution is 2.20. The Labute approximate surface area is 194 Å². The molecule has 4 rings (SSSR count). The number of nitrogens with zero attached hydrogens (tertiary/aromatic N) is 4. The first-order valence-electron chi connectivity index (χ1n) is 11.3. The van der Waals surface area contributed by atoms with Crippen molar-refractivity contribution in [2.75, 3.05) is 31.6 Å². The van der Waals surface area contributed by atoms with E-state index in [9.17, 15) is 9.18 Å². The molecule has 1 fully saturated rings. The van der Waals surface area contributed by atoms with Crippen molar-refractivity contribution in [2.24, 2.45) is 0 Å². The molecule has 2 aromatic carbocycles. The van der Waals surface area contributed by atoms with Gasteiger partial charge in [0.2, 0.25) is 5.91 Å². The van der Waals surface area contributed by atoms with Gasteiger partial charge >= 0.3 is 0 Å². The number of rotatable bonds is 6. The lowest BCUT2D eigenvalue weighted by Crippen LogP contribution is -2.48. The maximum Gasteiger partial charge on any atom is 0.231 e. The predicted octanol–water partition coefficient (Wildman–Crippen LogP) is 3.59. The highest BCUT2D eigenvalue weighted by molar-refractivity contribution is 5.94. The molecule has 1 aliphatic rings. The summed E-state index contributed by atoms with van der Waals surface area (Å²) < 4.78 is 13.2. The van der Waals surface area contributed by atoms with Gasteiger partial charge in [0.1, 0.15) is 5.82 Å². The van der Waals surface area contributed by atoms with Crippen LogP contribution in [0.4, 0.5) is 10.1 Å². The minimum Gasteiger partial charge on any atom is -0.315 e. The predicted molar refractivity (Wildman–Crippen MR) is 128 cm³/mol. The van der Waals surface area contributed by atoms with E-state index in [2.05, 4.69) is 39.2 Å². The molecule has 1 saturated heterocycles. The van der Waals surface area contributed by atoms with Crippen molar-refractivity contribution in [1.82, 2.24) is 20.2 Å². The summed E-state index contributed by atoms with van der Waals surface area (Å²) in [6.45, 7) is 8.10. The van der Waals surface area contributed by atoms with Crippen LogP contribution in [0.2, 0.25) is 0 Å². The van der Waals surface area contributed by atoms with E-state index in [1.165, 1.54) is 17.7 Å². The van der Waals surface area contributed by atoms with Crippen LogP contribution < -0.4 is 10.2 Å². The molecular formula is C26H30FN5O. The number of nitrogens with one attached hydrogen (secondary N) is 1. The van der Waals surface area contributed by atoms with Crippen LogP contribution in [-0.2, 0) is 17.8 Å². The van der Waals surface area contributed by atoms with Crippen LogP contribution in [0.3, 0.4) is 0 Å². The lowest BCUT2D eigenvalue weighted by Gasteiger charge is -2.31. The lowest BCUT2D eigenvalue weighted by atomic mass is 10.1. The minimum atomic E-state index is -0.299. The van der Waals surface area contributed by atoms with Gasteiger partial charge < -0.3 is 10.2 Å². The van der Waals surface area contributed by atoms with Crippen LogP contribution in [0.1, 0.15) is 23.7 Å². The SMILES string of the molecule is Cc1nc(-c2ccc(F)cc2)ncc1CC(=O)N(C)c1ccc(CN2CCN[C@@H](C)C2)cc1. The zero-order valence-corrected chi connectivity index (χ0v) is 19.4. The number of hydrogen-bond donors (Lipinski definition) is 1. The van der Waals surface area contributed by atoms with Gasteiger partial charge in [-0.3, -0.25) is 9.69 Å². The van der Waals surface area contributed by atoms with Crippen LogP contribution in [-0.4, -0.2) is 53.5 Å². The third-order valence-corrected chi connectivity index (χ3v) is 6.08. The Bertz CT molecular complexity index is 1100. The first-order valence-corrected chi connectivity index (χ1v) is 11.3. The molecule has 2 heterocycles. The van der Waals surface area contributed by atoms with E-state index in [0.29, 0.717) is 11.9 Å². The Balaban J connectivity index is 1.38. The summed E-state index contributed by atoms with van der Waals surface area (Å²) in [6, 6.07) is 14.8. The van der Waals surface area contributed by atoms with Gasteiger partial charge in [0.15, 0.2) is 5.82 Å². The smallest absolute Gasteiger partial charge is 0.231 e. The maximum atomic E-state index is 13.2. The van der Waals surface area contributed by atoms with Crippen molar-refractivity contribution in [1.29, 1.82) is 0 Å². The zero-order chi connectivity index (χ0) is 23.4. The molecule has 0 spiro atoms. The fraction of sp³-hybridized carbons (Fsp3) is 0.346. The fourth-order valence-electron chi connectivity index (χ4n) is 4.07. The molecule has 0 radical (unpaired) electrons. The summed E-state index contributed by atoms with van der Waals surface area (Å²) in [4.78, 5) is 25.9. The third-order valence-electron chi connectivity index (χ3n) is 6.08. The number of hydrogen-bond acceptors (Lipinski definition) is 5. The van der Waals surface area contributed by atoms with Gasteiger partial charge in [0.05, 0.1) is 6.42 Å². The van der Waals surface area contributed by atoms with Crippen LogP contribution in [0.15, 0.2) is 54.7 Å². The van der Waals surface area contributed by atoms with E-state index in [4.69, 9.17) is 0 Å². The van der Waals surface area contributed by atoms with E-state index in [-0.39, 0.29) is 18.1 Å². The molecule has 7 heteroatoms. The number of amides is 1. The standard InChI is InChI=1S/C26H30FN5O/c1-18-16-32(13-12-28-18)17-20-4-10-24(11-5-20)31(3)25(33)14-22-15-29-26(30-19(22)2)21-6-8-23(27)9-7-21/h4-11,15,18,28H,12-14,16-17H2,1-3H3/t18-/m0/s1. The molecule has 6 nitrogen and oxygen atoms in total. The lowest BCUT2D eigenvalue weighted by molar-refractivity contribution is -0.117. The third kappa shape index (κ3) is 5.80. The fourth-order valence-corrected chi connectivity index (χ4v) is 4.07. The first-order chi connectivity index (χ1) is 15.9. The number of piperazine rings is 1. The first kappa shape index (κ1) is 23.0. The van der Waals surface area contributed by atoms with Crippen molar-refractivity contribution in [3.63, 3.8) is 0 Å². The van der Waals surface area contributed by atoms with Crippen molar-refractivity contribution in [3.8, 4) is 11.4 Å². The number of carbonyl (C=O) groups is 1. The molecule has 1 atom stereocenters. The molecule has 172 valence electrons. The molecule has 1 aromatic heterocycles. The van der Waals surface area contributed by atoms with Crippen LogP contribution in [0.5, 0.6) is 0 Å². The van der Waals surface area contributed by atoms with Crippen molar-refractivity contribution in [3.05, 3.63) is 77.4 Å². The second kappa shape index (κ2) is 10.2. The molecule has 0 aliphatic carbocycles. The van der Waals surface area contributed by atoms with E-state index >= 15 is 0 Å². The molecule has 1 amide bonds. The van der Waals surface area contributed by atoms with E-state index in [1.54, 1.807) is 30.3 Å². The summed E-state index contributed by atoms with van der Waals surface area (Å²) in [5.74, 6) is 0.193. The average Bonchev–Trinajstić information content (AvgIpc) is 2.81. The Kier molecular flexibility index (Phi) is 7.11. The highest BCUT2D eigenvalue weighted by Gasteiger charge is 2.17. The molecule has 1 N–H and O–H groups in total. The average molecular weight is 448 g/mol. The van der Waals surface area contributed by atoms with Crippen LogP contribution in [0.25, 0.3) is 11.4 Å². The quantitative estimate of drug-likeness (QED) is 0.626. The summed E-state index contributed by atoms with van der Waals surface area (Å²) in [5, 5.41) is 3.46. The van der Waals surface area contributed by atoms with Gasteiger partial charge in [0, 0.05) is 68.0 Å². The molecule has 1 aliphatic heterocycles. The van der Waals surface area contributed by atoms with Gasteiger partial charge in [0.25, 0.3) is 0 Å². The Morgan fingerprint density at radius 2 is 1.91 bits per heavy atom.